The van der Waals surface area contributed by atoms with E-state index in [1.165, 1.54) is 0 Å². The van der Waals surface area contributed by atoms with Crippen molar-refractivity contribution in [2.45, 2.75) is 12.5 Å². The van der Waals surface area contributed by atoms with Gasteiger partial charge in [0.05, 0.1) is 12.5 Å². The standard InChI is InChI=1S/C23H20BrNO3/c24-19-15-21-20(27-11-12-28-21)13-18(19)14-22(26)25-23(16-7-3-1-4-8-16)17-9-5-2-6-10-17/h1-10,13,15,23H,11-12,14H2,(H,25,26). The van der Waals surface area contributed by atoms with Crippen LogP contribution >= 0.6 is 15.9 Å². The molecule has 1 amide bonds. The average Bonchev–Trinajstić information content (AvgIpc) is 2.74. The molecule has 1 heterocycles. The second-order valence-corrected chi connectivity index (χ2v) is 7.44. The van der Waals surface area contributed by atoms with Crippen molar-refractivity contribution in [3.05, 3.63) is 94.0 Å². The Morgan fingerprint density at radius 3 is 2.00 bits per heavy atom. The van der Waals surface area contributed by atoms with Crippen molar-refractivity contribution in [2.75, 3.05) is 13.2 Å². The van der Waals surface area contributed by atoms with Gasteiger partial charge in [0.15, 0.2) is 11.5 Å². The summed E-state index contributed by atoms with van der Waals surface area (Å²) in [6, 6.07) is 23.5. The molecule has 0 fully saturated rings. The summed E-state index contributed by atoms with van der Waals surface area (Å²) in [6.07, 6.45) is 0.243. The second-order valence-electron chi connectivity index (χ2n) is 6.59. The van der Waals surface area contributed by atoms with Crippen molar-refractivity contribution in [3.8, 4) is 11.5 Å². The van der Waals surface area contributed by atoms with Crippen LogP contribution in [0.5, 0.6) is 11.5 Å². The van der Waals surface area contributed by atoms with Gasteiger partial charge in [-0.2, -0.15) is 0 Å². The Balaban J connectivity index is 1.55. The predicted octanol–water partition coefficient (Wildman–Crippen LogP) is 4.67. The van der Waals surface area contributed by atoms with Gasteiger partial charge in [-0.05, 0) is 28.8 Å². The van der Waals surface area contributed by atoms with E-state index in [-0.39, 0.29) is 18.4 Å². The highest BCUT2D eigenvalue weighted by Gasteiger charge is 2.20. The molecule has 142 valence electrons. The molecule has 0 bridgehead atoms. The molecule has 0 spiro atoms. The molecule has 0 aromatic heterocycles. The van der Waals surface area contributed by atoms with Crippen LogP contribution in [0.3, 0.4) is 0 Å². The first-order valence-corrected chi connectivity index (χ1v) is 9.97. The molecule has 1 aliphatic rings. The predicted molar refractivity (Wildman–Crippen MR) is 112 cm³/mol. The fraction of sp³-hybridized carbons (Fsp3) is 0.174. The number of halogens is 1. The first-order chi connectivity index (χ1) is 13.7. The lowest BCUT2D eigenvalue weighted by Crippen LogP contribution is -2.30. The maximum atomic E-state index is 12.9. The number of fused-ring (bicyclic) bond motifs is 1. The minimum atomic E-state index is -0.203. The molecule has 5 heteroatoms. The highest BCUT2D eigenvalue weighted by atomic mass is 79.9. The van der Waals surface area contributed by atoms with Gasteiger partial charge in [-0.25, -0.2) is 0 Å². The number of amides is 1. The van der Waals surface area contributed by atoms with Gasteiger partial charge in [0.25, 0.3) is 0 Å². The maximum Gasteiger partial charge on any atom is 0.225 e. The molecule has 1 N–H and O–H groups in total. The van der Waals surface area contributed by atoms with Crippen LogP contribution in [-0.2, 0) is 11.2 Å². The van der Waals surface area contributed by atoms with Crippen LogP contribution < -0.4 is 14.8 Å². The van der Waals surface area contributed by atoms with Crippen LogP contribution in [0.15, 0.2) is 77.3 Å². The molecule has 28 heavy (non-hydrogen) atoms. The molecule has 4 rings (SSSR count). The van der Waals surface area contributed by atoms with Crippen LogP contribution in [0.25, 0.3) is 0 Å². The van der Waals surface area contributed by atoms with Crippen molar-refractivity contribution in [1.82, 2.24) is 5.32 Å². The minimum Gasteiger partial charge on any atom is -0.486 e. The van der Waals surface area contributed by atoms with Gasteiger partial charge in [0.2, 0.25) is 5.91 Å². The highest BCUT2D eigenvalue weighted by Crippen LogP contribution is 2.35. The van der Waals surface area contributed by atoms with E-state index in [0.717, 1.165) is 21.2 Å². The van der Waals surface area contributed by atoms with Gasteiger partial charge >= 0.3 is 0 Å². The molecule has 0 radical (unpaired) electrons. The van der Waals surface area contributed by atoms with Gasteiger partial charge in [-0.1, -0.05) is 76.6 Å². The van der Waals surface area contributed by atoms with E-state index in [9.17, 15) is 4.79 Å². The van der Waals surface area contributed by atoms with E-state index >= 15 is 0 Å². The van der Waals surface area contributed by atoms with Crippen LogP contribution in [0.4, 0.5) is 0 Å². The lowest BCUT2D eigenvalue weighted by atomic mass is 9.98. The number of hydrogen-bond acceptors (Lipinski definition) is 3. The van der Waals surface area contributed by atoms with Gasteiger partial charge in [0, 0.05) is 4.47 Å². The molecule has 0 unspecified atom stereocenters. The number of ether oxygens (including phenoxy) is 2. The Morgan fingerprint density at radius 2 is 1.43 bits per heavy atom. The number of rotatable bonds is 5. The summed E-state index contributed by atoms with van der Waals surface area (Å²) >= 11 is 3.54. The molecule has 0 aliphatic carbocycles. The van der Waals surface area contributed by atoms with Crippen molar-refractivity contribution in [3.63, 3.8) is 0 Å². The first-order valence-electron chi connectivity index (χ1n) is 9.18. The summed E-state index contributed by atoms with van der Waals surface area (Å²) in [6.45, 7) is 1.06. The third kappa shape index (κ3) is 4.20. The summed E-state index contributed by atoms with van der Waals surface area (Å²) in [4.78, 5) is 12.9. The van der Waals surface area contributed by atoms with Crippen LogP contribution in [-0.4, -0.2) is 19.1 Å². The van der Waals surface area contributed by atoms with Crippen molar-refractivity contribution in [1.29, 1.82) is 0 Å². The molecule has 1 aliphatic heterocycles. The molecule has 3 aromatic carbocycles. The largest absolute Gasteiger partial charge is 0.486 e. The normalized spacial score (nSPS) is 12.6. The van der Waals surface area contributed by atoms with Crippen molar-refractivity contribution >= 4 is 21.8 Å². The highest BCUT2D eigenvalue weighted by molar-refractivity contribution is 9.10. The van der Waals surface area contributed by atoms with E-state index in [1.807, 2.05) is 72.8 Å². The van der Waals surface area contributed by atoms with Crippen LogP contribution in [0.1, 0.15) is 22.7 Å². The second kappa shape index (κ2) is 8.48. The third-order valence-electron chi connectivity index (χ3n) is 4.63. The minimum absolute atomic E-state index is 0.0601. The average molecular weight is 438 g/mol. The lowest BCUT2D eigenvalue weighted by molar-refractivity contribution is -0.120. The fourth-order valence-electron chi connectivity index (χ4n) is 3.28. The van der Waals surface area contributed by atoms with E-state index in [2.05, 4.69) is 21.2 Å². The Kier molecular flexibility index (Phi) is 5.63. The Hall–Kier alpha value is -2.79. The molecule has 3 aromatic rings. The Labute approximate surface area is 172 Å². The molecule has 4 nitrogen and oxygen atoms in total. The molecule has 0 saturated carbocycles. The quantitative estimate of drug-likeness (QED) is 0.630. The molecular weight excluding hydrogens is 418 g/mol. The van der Waals surface area contributed by atoms with Gasteiger partial charge < -0.3 is 14.8 Å². The SMILES string of the molecule is O=C(Cc1cc2c(cc1Br)OCCO2)NC(c1ccccc1)c1ccccc1. The number of nitrogens with one attached hydrogen (secondary N) is 1. The molecular formula is C23H20BrNO3. The maximum absolute atomic E-state index is 12.9. The Bertz CT molecular complexity index is 921. The molecule has 0 atom stereocenters. The van der Waals surface area contributed by atoms with E-state index in [1.54, 1.807) is 0 Å². The van der Waals surface area contributed by atoms with Crippen molar-refractivity contribution < 1.29 is 14.3 Å². The van der Waals surface area contributed by atoms with Crippen molar-refractivity contribution in [2.24, 2.45) is 0 Å². The topological polar surface area (TPSA) is 47.6 Å². The zero-order valence-electron chi connectivity index (χ0n) is 15.2. The monoisotopic (exact) mass is 437 g/mol. The van der Waals surface area contributed by atoms with Gasteiger partial charge in [0.1, 0.15) is 13.2 Å². The van der Waals surface area contributed by atoms with E-state index in [0.29, 0.717) is 24.7 Å². The summed E-state index contributed by atoms with van der Waals surface area (Å²) in [5, 5.41) is 3.17. The number of carbonyl (C=O) groups excluding carboxylic acids is 1. The lowest BCUT2D eigenvalue weighted by Gasteiger charge is -2.21. The summed E-state index contributed by atoms with van der Waals surface area (Å²) in [5.74, 6) is 1.32. The van der Waals surface area contributed by atoms with E-state index < -0.39 is 0 Å². The van der Waals surface area contributed by atoms with Gasteiger partial charge in [-0.15, -0.1) is 0 Å². The first kappa shape index (κ1) is 18.6. The third-order valence-corrected chi connectivity index (χ3v) is 5.37. The van der Waals surface area contributed by atoms with Crippen LogP contribution in [0, 0.1) is 0 Å². The van der Waals surface area contributed by atoms with Gasteiger partial charge in [-0.3, -0.25) is 4.79 Å². The number of benzene rings is 3. The Morgan fingerprint density at radius 1 is 0.893 bits per heavy atom. The summed E-state index contributed by atoms with van der Waals surface area (Å²) in [5.41, 5.74) is 2.95. The summed E-state index contributed by atoms with van der Waals surface area (Å²) < 4.78 is 12.1. The number of carbonyl (C=O) groups is 1. The zero-order chi connectivity index (χ0) is 19.3. The number of hydrogen-bond donors (Lipinski definition) is 1. The fourth-order valence-corrected chi connectivity index (χ4v) is 3.74. The van der Waals surface area contributed by atoms with Crippen LogP contribution in [0.2, 0.25) is 0 Å². The summed E-state index contributed by atoms with van der Waals surface area (Å²) in [7, 11) is 0. The van der Waals surface area contributed by atoms with E-state index in [4.69, 9.17) is 9.47 Å². The zero-order valence-corrected chi connectivity index (χ0v) is 16.8. The smallest absolute Gasteiger partial charge is 0.225 e. The molecule has 0 saturated heterocycles.